The number of aryl methyl sites for hydroxylation is 1. The number of hydrogen-bond acceptors (Lipinski definition) is 6. The third-order valence-electron chi connectivity index (χ3n) is 8.00. The maximum Gasteiger partial charge on any atom is 0.227 e. The first-order valence-corrected chi connectivity index (χ1v) is 13.6. The second-order valence-electron chi connectivity index (χ2n) is 10.9. The molecule has 7 rings (SSSR count). The first kappa shape index (κ1) is 24.2. The number of aliphatic hydroxyl groups is 1. The molecule has 2 N–H and O–H groups in total. The van der Waals surface area contributed by atoms with Crippen LogP contribution in [0.3, 0.4) is 0 Å². The van der Waals surface area contributed by atoms with Gasteiger partial charge in [-0.15, -0.1) is 10.2 Å². The van der Waals surface area contributed by atoms with Gasteiger partial charge in [-0.3, -0.25) is 0 Å². The molecule has 7 nitrogen and oxygen atoms in total. The standard InChI is InChI=1S/C31H30FN5O2/c1-37-17-34-36-30(37)25-15-23(32)8-9-24(25)21-12-20(19-6-7-19)13-22(14-21)31-35-27-11-18(5-10-29(27)39-31)16-33-26-3-2-4-28(26)38/h5,8-15,17,19,26,28,33,38H,2-4,6-7,16H2,1H3. The van der Waals surface area contributed by atoms with Crippen LogP contribution in [0.2, 0.25) is 0 Å². The Morgan fingerprint density at radius 2 is 1.87 bits per heavy atom. The van der Waals surface area contributed by atoms with Gasteiger partial charge in [0.25, 0.3) is 0 Å². The number of oxazole rings is 1. The Bertz CT molecular complexity index is 1670. The summed E-state index contributed by atoms with van der Waals surface area (Å²) in [5.74, 6) is 1.36. The van der Waals surface area contributed by atoms with Crippen molar-refractivity contribution in [1.82, 2.24) is 25.1 Å². The molecule has 2 aliphatic rings. The number of hydrogen-bond donors (Lipinski definition) is 2. The minimum atomic E-state index is -0.318. The molecule has 2 aliphatic carbocycles. The summed E-state index contributed by atoms with van der Waals surface area (Å²) in [6.07, 6.45) is 6.59. The van der Waals surface area contributed by atoms with Crippen molar-refractivity contribution in [2.75, 3.05) is 0 Å². The van der Waals surface area contributed by atoms with E-state index in [9.17, 15) is 9.50 Å². The zero-order chi connectivity index (χ0) is 26.5. The Labute approximate surface area is 225 Å². The molecule has 2 heterocycles. The van der Waals surface area contributed by atoms with Crippen LogP contribution in [-0.4, -0.2) is 37.0 Å². The van der Waals surface area contributed by atoms with Gasteiger partial charge in [-0.2, -0.15) is 0 Å². The molecule has 0 aliphatic heterocycles. The lowest BCUT2D eigenvalue weighted by molar-refractivity contribution is 0.148. The number of fused-ring (bicyclic) bond motifs is 1. The van der Waals surface area contributed by atoms with Crippen LogP contribution in [-0.2, 0) is 13.6 Å². The van der Waals surface area contributed by atoms with Gasteiger partial charge in [0.2, 0.25) is 5.89 Å². The van der Waals surface area contributed by atoms with Crippen LogP contribution in [0.4, 0.5) is 4.39 Å². The van der Waals surface area contributed by atoms with E-state index in [0.717, 1.165) is 65.5 Å². The largest absolute Gasteiger partial charge is 0.436 e. The Kier molecular flexibility index (Phi) is 6.01. The summed E-state index contributed by atoms with van der Waals surface area (Å²) < 4.78 is 22.4. The van der Waals surface area contributed by atoms with Crippen molar-refractivity contribution in [1.29, 1.82) is 0 Å². The second kappa shape index (κ2) is 9.70. The SMILES string of the molecule is Cn1cnnc1-c1cc(F)ccc1-c1cc(-c2nc3cc(CNC4CCCC4O)ccc3o2)cc(C2CC2)c1. The quantitative estimate of drug-likeness (QED) is 0.273. The van der Waals surface area contributed by atoms with E-state index in [1.54, 1.807) is 10.9 Å². The van der Waals surface area contributed by atoms with Gasteiger partial charge in [-0.05, 0) is 96.7 Å². The predicted molar refractivity (Wildman–Crippen MR) is 147 cm³/mol. The molecule has 0 amide bonds. The monoisotopic (exact) mass is 523 g/mol. The highest BCUT2D eigenvalue weighted by Crippen LogP contribution is 2.44. The summed E-state index contributed by atoms with van der Waals surface area (Å²) in [6.45, 7) is 0.677. The molecule has 2 fully saturated rings. The predicted octanol–water partition coefficient (Wildman–Crippen LogP) is 5.98. The number of rotatable bonds is 7. The molecule has 2 aromatic heterocycles. The minimum absolute atomic E-state index is 0.148. The van der Waals surface area contributed by atoms with Gasteiger partial charge in [0, 0.05) is 30.8 Å². The van der Waals surface area contributed by atoms with Crippen molar-refractivity contribution in [3.8, 4) is 34.0 Å². The third kappa shape index (κ3) is 4.75. The van der Waals surface area contributed by atoms with Crippen LogP contribution in [0.15, 0.2) is 65.3 Å². The van der Waals surface area contributed by atoms with E-state index in [2.05, 4.69) is 39.8 Å². The van der Waals surface area contributed by atoms with E-state index >= 15 is 0 Å². The highest BCUT2D eigenvalue weighted by molar-refractivity contribution is 5.84. The number of halogens is 1. The summed E-state index contributed by atoms with van der Waals surface area (Å²) in [5, 5.41) is 21.8. The number of aliphatic hydroxyl groups excluding tert-OH is 1. The van der Waals surface area contributed by atoms with Crippen molar-refractivity contribution in [2.45, 2.75) is 56.7 Å². The van der Waals surface area contributed by atoms with Crippen LogP contribution in [0.25, 0.3) is 45.1 Å². The lowest BCUT2D eigenvalue weighted by atomic mass is 9.94. The zero-order valence-electron chi connectivity index (χ0n) is 21.8. The summed E-state index contributed by atoms with van der Waals surface area (Å²) in [7, 11) is 1.86. The molecular weight excluding hydrogens is 493 g/mol. The van der Waals surface area contributed by atoms with E-state index in [4.69, 9.17) is 9.40 Å². The Morgan fingerprint density at radius 1 is 1.00 bits per heavy atom. The maximum atomic E-state index is 14.4. The molecule has 3 aromatic carbocycles. The Balaban J connectivity index is 1.26. The topological polar surface area (TPSA) is 89.0 Å². The molecular formula is C31H30FN5O2. The average Bonchev–Trinajstić information content (AvgIpc) is 3.35. The van der Waals surface area contributed by atoms with E-state index in [-0.39, 0.29) is 18.0 Å². The van der Waals surface area contributed by atoms with E-state index in [1.807, 2.05) is 25.2 Å². The summed E-state index contributed by atoms with van der Waals surface area (Å²) in [4.78, 5) is 4.86. The van der Waals surface area contributed by atoms with Crippen LogP contribution in [0, 0.1) is 5.82 Å². The van der Waals surface area contributed by atoms with Crippen molar-refractivity contribution in [3.05, 3.63) is 77.9 Å². The summed E-state index contributed by atoms with van der Waals surface area (Å²) in [6, 6.07) is 17.4. The van der Waals surface area contributed by atoms with Gasteiger partial charge in [-0.1, -0.05) is 18.2 Å². The van der Waals surface area contributed by atoms with E-state index in [1.165, 1.54) is 17.7 Å². The van der Waals surface area contributed by atoms with Crippen molar-refractivity contribution in [3.63, 3.8) is 0 Å². The van der Waals surface area contributed by atoms with Crippen LogP contribution in [0.1, 0.15) is 49.1 Å². The Morgan fingerprint density at radius 3 is 2.64 bits per heavy atom. The maximum absolute atomic E-state index is 14.4. The molecule has 198 valence electrons. The molecule has 2 saturated carbocycles. The summed E-state index contributed by atoms with van der Waals surface area (Å²) >= 11 is 0. The molecule has 0 bridgehead atoms. The highest BCUT2D eigenvalue weighted by atomic mass is 19.1. The lowest BCUT2D eigenvalue weighted by Crippen LogP contribution is -2.34. The smallest absolute Gasteiger partial charge is 0.227 e. The lowest BCUT2D eigenvalue weighted by Gasteiger charge is -2.16. The molecule has 39 heavy (non-hydrogen) atoms. The molecule has 8 heteroatoms. The van der Waals surface area contributed by atoms with Crippen molar-refractivity contribution in [2.24, 2.45) is 7.05 Å². The van der Waals surface area contributed by atoms with Gasteiger partial charge >= 0.3 is 0 Å². The summed E-state index contributed by atoms with van der Waals surface area (Å²) in [5.41, 5.74) is 7.31. The van der Waals surface area contributed by atoms with Gasteiger partial charge in [-0.25, -0.2) is 9.37 Å². The molecule has 2 unspecified atom stereocenters. The van der Waals surface area contributed by atoms with Gasteiger partial charge in [0.1, 0.15) is 17.7 Å². The van der Waals surface area contributed by atoms with Crippen LogP contribution in [0.5, 0.6) is 0 Å². The minimum Gasteiger partial charge on any atom is -0.436 e. The molecule has 0 spiro atoms. The van der Waals surface area contributed by atoms with E-state index in [0.29, 0.717) is 29.7 Å². The van der Waals surface area contributed by atoms with Crippen molar-refractivity contribution >= 4 is 11.1 Å². The Hall–Kier alpha value is -3.88. The van der Waals surface area contributed by atoms with Crippen molar-refractivity contribution < 1.29 is 13.9 Å². The normalized spacial score (nSPS) is 19.3. The van der Waals surface area contributed by atoms with Crippen LogP contribution < -0.4 is 5.32 Å². The highest BCUT2D eigenvalue weighted by Gasteiger charge is 2.26. The molecule has 2 atom stereocenters. The fourth-order valence-corrected chi connectivity index (χ4v) is 5.70. The average molecular weight is 524 g/mol. The van der Waals surface area contributed by atoms with Gasteiger partial charge in [0.05, 0.1) is 6.10 Å². The fraction of sp³-hybridized carbons (Fsp3) is 0.323. The first-order chi connectivity index (χ1) is 19.0. The number of aromatic nitrogens is 4. The first-order valence-electron chi connectivity index (χ1n) is 13.6. The van der Waals surface area contributed by atoms with E-state index < -0.39 is 0 Å². The van der Waals surface area contributed by atoms with Gasteiger partial charge < -0.3 is 19.4 Å². The van der Waals surface area contributed by atoms with Crippen LogP contribution >= 0.6 is 0 Å². The number of benzene rings is 3. The molecule has 0 saturated heterocycles. The molecule has 5 aromatic rings. The van der Waals surface area contributed by atoms with Gasteiger partial charge in [0.15, 0.2) is 11.4 Å². The molecule has 0 radical (unpaired) electrons. The second-order valence-corrected chi connectivity index (χ2v) is 10.9. The fourth-order valence-electron chi connectivity index (χ4n) is 5.70. The number of nitrogens with zero attached hydrogens (tertiary/aromatic N) is 4. The third-order valence-corrected chi connectivity index (χ3v) is 8.00. The number of nitrogens with one attached hydrogen (secondary N) is 1. The zero-order valence-corrected chi connectivity index (χ0v) is 21.8.